The number of rotatable bonds is 3. The van der Waals surface area contributed by atoms with Gasteiger partial charge in [-0.3, -0.25) is 0 Å². The van der Waals surface area contributed by atoms with Crippen LogP contribution in [0.5, 0.6) is 0 Å². The standard InChI is InChI=1S/C11H14N4S/c1-7(2)8-5-4-6-9(10(8)16-3)11-12-14-15-13-11/h4-7H,1-3H3,(H,12,13,14,15). The van der Waals surface area contributed by atoms with Gasteiger partial charge in [0.05, 0.1) is 0 Å². The Labute approximate surface area is 98.8 Å². The summed E-state index contributed by atoms with van der Waals surface area (Å²) in [5.41, 5.74) is 2.38. The van der Waals surface area contributed by atoms with Crippen molar-refractivity contribution in [1.82, 2.24) is 20.6 Å². The molecule has 1 N–H and O–H groups in total. The van der Waals surface area contributed by atoms with Crippen molar-refractivity contribution < 1.29 is 0 Å². The molecule has 0 saturated carbocycles. The quantitative estimate of drug-likeness (QED) is 0.830. The van der Waals surface area contributed by atoms with E-state index in [-0.39, 0.29) is 0 Å². The molecule has 0 atom stereocenters. The van der Waals surface area contributed by atoms with Gasteiger partial charge >= 0.3 is 0 Å². The third kappa shape index (κ3) is 1.95. The summed E-state index contributed by atoms with van der Waals surface area (Å²) < 4.78 is 0. The van der Waals surface area contributed by atoms with E-state index >= 15 is 0 Å². The Hall–Kier alpha value is -1.36. The molecule has 0 aliphatic carbocycles. The van der Waals surface area contributed by atoms with Crippen molar-refractivity contribution in [3.8, 4) is 11.4 Å². The van der Waals surface area contributed by atoms with Crippen molar-refractivity contribution in [3.63, 3.8) is 0 Å². The van der Waals surface area contributed by atoms with Crippen LogP contribution in [0.1, 0.15) is 25.3 Å². The van der Waals surface area contributed by atoms with Crippen LogP contribution in [-0.2, 0) is 0 Å². The minimum absolute atomic E-state index is 0.495. The molecule has 16 heavy (non-hydrogen) atoms. The van der Waals surface area contributed by atoms with Crippen LogP contribution in [0.25, 0.3) is 11.4 Å². The van der Waals surface area contributed by atoms with E-state index in [4.69, 9.17) is 0 Å². The number of nitrogens with one attached hydrogen (secondary N) is 1. The fraction of sp³-hybridized carbons (Fsp3) is 0.364. The lowest BCUT2D eigenvalue weighted by Crippen LogP contribution is -1.94. The Kier molecular flexibility index (Phi) is 3.24. The number of H-pyrrole nitrogens is 1. The Morgan fingerprint density at radius 2 is 2.12 bits per heavy atom. The van der Waals surface area contributed by atoms with Gasteiger partial charge in [0.15, 0.2) is 0 Å². The average molecular weight is 234 g/mol. The summed E-state index contributed by atoms with van der Waals surface area (Å²) in [4.78, 5) is 1.24. The van der Waals surface area contributed by atoms with E-state index < -0.39 is 0 Å². The molecular formula is C11H14N4S. The molecule has 2 aromatic rings. The maximum Gasteiger partial charge on any atom is 0.205 e. The van der Waals surface area contributed by atoms with Gasteiger partial charge in [0, 0.05) is 10.5 Å². The molecular weight excluding hydrogens is 220 g/mol. The van der Waals surface area contributed by atoms with Crippen LogP contribution in [0.3, 0.4) is 0 Å². The number of aromatic amines is 1. The molecule has 1 heterocycles. The van der Waals surface area contributed by atoms with Crippen molar-refractivity contribution in [2.75, 3.05) is 6.26 Å². The first kappa shape index (κ1) is 11.1. The van der Waals surface area contributed by atoms with Crippen LogP contribution in [0.2, 0.25) is 0 Å². The minimum Gasteiger partial charge on any atom is -0.177 e. The smallest absolute Gasteiger partial charge is 0.177 e. The molecule has 0 fully saturated rings. The average Bonchev–Trinajstić information content (AvgIpc) is 2.81. The lowest BCUT2D eigenvalue weighted by molar-refractivity contribution is 0.842. The molecule has 0 spiro atoms. The number of thioether (sulfide) groups is 1. The van der Waals surface area contributed by atoms with Crippen LogP contribution in [0.15, 0.2) is 23.1 Å². The predicted octanol–water partition coefficient (Wildman–Crippen LogP) is 2.71. The molecule has 4 nitrogen and oxygen atoms in total. The second kappa shape index (κ2) is 4.65. The third-order valence-electron chi connectivity index (χ3n) is 2.46. The molecule has 84 valence electrons. The Morgan fingerprint density at radius 1 is 1.31 bits per heavy atom. The van der Waals surface area contributed by atoms with E-state index in [1.54, 1.807) is 11.8 Å². The maximum absolute atomic E-state index is 4.03. The molecule has 1 aromatic heterocycles. The van der Waals surface area contributed by atoms with Gasteiger partial charge in [-0.2, -0.15) is 5.21 Å². The predicted molar refractivity (Wildman–Crippen MR) is 65.5 cm³/mol. The summed E-state index contributed by atoms with van der Waals surface area (Å²) in [6, 6.07) is 6.23. The second-order valence-corrected chi connectivity index (χ2v) is 4.63. The normalized spacial score (nSPS) is 11.0. The fourth-order valence-electron chi connectivity index (χ4n) is 1.69. The number of tetrazole rings is 1. The summed E-state index contributed by atoms with van der Waals surface area (Å²) in [7, 11) is 0. The first-order valence-electron chi connectivity index (χ1n) is 5.14. The van der Waals surface area contributed by atoms with E-state index in [2.05, 4.69) is 46.8 Å². The van der Waals surface area contributed by atoms with Crippen molar-refractivity contribution in [2.45, 2.75) is 24.7 Å². The first-order valence-corrected chi connectivity index (χ1v) is 6.37. The summed E-state index contributed by atoms with van der Waals surface area (Å²) in [5, 5.41) is 14.2. The Balaban J connectivity index is 2.58. The number of nitrogens with zero attached hydrogens (tertiary/aromatic N) is 3. The monoisotopic (exact) mass is 234 g/mol. The summed E-state index contributed by atoms with van der Waals surface area (Å²) >= 11 is 1.73. The second-order valence-electron chi connectivity index (χ2n) is 3.82. The molecule has 0 aliphatic heterocycles. The largest absolute Gasteiger partial charge is 0.205 e. The topological polar surface area (TPSA) is 54.5 Å². The Morgan fingerprint density at radius 3 is 2.69 bits per heavy atom. The molecule has 0 bridgehead atoms. The van der Waals surface area contributed by atoms with Crippen LogP contribution >= 0.6 is 11.8 Å². The van der Waals surface area contributed by atoms with E-state index in [9.17, 15) is 0 Å². The van der Waals surface area contributed by atoms with Gasteiger partial charge in [0.2, 0.25) is 5.82 Å². The van der Waals surface area contributed by atoms with Gasteiger partial charge < -0.3 is 0 Å². The van der Waals surface area contributed by atoms with E-state index in [0.717, 1.165) is 5.56 Å². The number of aromatic nitrogens is 4. The fourth-order valence-corrected chi connectivity index (χ4v) is 2.61. The zero-order valence-corrected chi connectivity index (χ0v) is 10.4. The number of hydrogen-bond donors (Lipinski definition) is 1. The summed E-state index contributed by atoms with van der Waals surface area (Å²) in [6.07, 6.45) is 2.07. The van der Waals surface area contributed by atoms with E-state index in [1.165, 1.54) is 10.5 Å². The highest BCUT2D eigenvalue weighted by Gasteiger charge is 2.14. The highest BCUT2D eigenvalue weighted by atomic mass is 32.2. The zero-order valence-electron chi connectivity index (χ0n) is 9.56. The molecule has 0 unspecified atom stereocenters. The number of benzene rings is 1. The lowest BCUT2D eigenvalue weighted by Gasteiger charge is -2.13. The molecule has 0 amide bonds. The van der Waals surface area contributed by atoms with Crippen LogP contribution < -0.4 is 0 Å². The number of hydrogen-bond acceptors (Lipinski definition) is 4. The van der Waals surface area contributed by atoms with Crippen molar-refractivity contribution in [2.24, 2.45) is 0 Å². The highest BCUT2D eigenvalue weighted by Crippen LogP contribution is 2.34. The third-order valence-corrected chi connectivity index (χ3v) is 3.32. The van der Waals surface area contributed by atoms with E-state index in [1.807, 2.05) is 12.1 Å². The van der Waals surface area contributed by atoms with E-state index in [0.29, 0.717) is 11.7 Å². The highest BCUT2D eigenvalue weighted by molar-refractivity contribution is 7.98. The van der Waals surface area contributed by atoms with Crippen LogP contribution in [-0.4, -0.2) is 26.9 Å². The zero-order chi connectivity index (χ0) is 11.5. The Bertz CT molecular complexity index is 465. The van der Waals surface area contributed by atoms with Gasteiger partial charge in [-0.15, -0.1) is 22.0 Å². The molecule has 0 radical (unpaired) electrons. The molecule has 0 saturated heterocycles. The molecule has 5 heteroatoms. The van der Waals surface area contributed by atoms with Crippen molar-refractivity contribution in [3.05, 3.63) is 23.8 Å². The SMILES string of the molecule is CSc1c(-c2nn[nH]n2)cccc1C(C)C. The van der Waals surface area contributed by atoms with Gasteiger partial charge in [0.1, 0.15) is 0 Å². The maximum atomic E-state index is 4.03. The van der Waals surface area contributed by atoms with Gasteiger partial charge in [-0.1, -0.05) is 26.0 Å². The van der Waals surface area contributed by atoms with Gasteiger partial charge in [-0.25, -0.2) is 0 Å². The molecule has 0 aliphatic rings. The van der Waals surface area contributed by atoms with Crippen molar-refractivity contribution >= 4 is 11.8 Å². The minimum atomic E-state index is 0.495. The molecule has 1 aromatic carbocycles. The van der Waals surface area contributed by atoms with Crippen molar-refractivity contribution in [1.29, 1.82) is 0 Å². The summed E-state index contributed by atoms with van der Waals surface area (Å²) in [5.74, 6) is 1.15. The van der Waals surface area contributed by atoms with Crippen LogP contribution in [0, 0.1) is 0 Å². The lowest BCUT2D eigenvalue weighted by atomic mass is 10.0. The van der Waals surface area contributed by atoms with Gasteiger partial charge in [0.25, 0.3) is 0 Å². The van der Waals surface area contributed by atoms with Gasteiger partial charge in [-0.05, 0) is 29.0 Å². The summed E-state index contributed by atoms with van der Waals surface area (Å²) in [6.45, 7) is 4.38. The van der Waals surface area contributed by atoms with Crippen LogP contribution in [0.4, 0.5) is 0 Å². The molecule has 2 rings (SSSR count). The first-order chi connectivity index (χ1) is 7.74.